The molecule has 336 valence electrons. The summed E-state index contributed by atoms with van der Waals surface area (Å²) in [5.74, 6) is 1.18. The van der Waals surface area contributed by atoms with E-state index < -0.39 is 47.4 Å². The van der Waals surface area contributed by atoms with Gasteiger partial charge in [-0.25, -0.2) is 14.3 Å². The van der Waals surface area contributed by atoms with Crippen LogP contribution in [0.2, 0.25) is 0 Å². The molecule has 26 heteroatoms. The van der Waals surface area contributed by atoms with Crippen molar-refractivity contribution < 1.29 is 69.6 Å². The van der Waals surface area contributed by atoms with E-state index >= 15 is 0 Å². The van der Waals surface area contributed by atoms with E-state index in [9.17, 15) is 38.4 Å². The van der Waals surface area contributed by atoms with Gasteiger partial charge in [0.25, 0.3) is 0 Å². The van der Waals surface area contributed by atoms with Crippen LogP contribution in [0.25, 0.3) is 10.4 Å². The Morgan fingerprint density at radius 2 is 1.37 bits per heavy atom. The summed E-state index contributed by atoms with van der Waals surface area (Å²) in [4.78, 5) is 92.5. The molecule has 2 saturated heterocycles. The number of thioether (sulfide) groups is 2. The number of esters is 4. The zero-order valence-corrected chi connectivity index (χ0v) is 36.0. The number of aromatic nitrogens is 3. The van der Waals surface area contributed by atoms with E-state index in [2.05, 4.69) is 61.7 Å². The van der Waals surface area contributed by atoms with Crippen LogP contribution < -0.4 is 21.3 Å². The number of hydrogen-bond donors (Lipinski definition) is 4. The van der Waals surface area contributed by atoms with Gasteiger partial charge in [0.1, 0.15) is 42.6 Å². The number of azide groups is 1. The number of alkyl carbamates (subject to hydrolysis) is 2. The molecular formula is C34H54N10O14S2. The van der Waals surface area contributed by atoms with Crippen LogP contribution in [0.4, 0.5) is 9.59 Å². The molecule has 60 heavy (non-hydrogen) atoms. The number of amides is 4. The predicted molar refractivity (Wildman–Crippen MR) is 217 cm³/mol. The molecule has 1 aromatic rings. The molecule has 0 spiro atoms. The highest BCUT2D eigenvalue weighted by Crippen LogP contribution is 2.24. The van der Waals surface area contributed by atoms with Gasteiger partial charge >= 0.3 is 36.1 Å². The molecule has 2 aliphatic heterocycles. The van der Waals surface area contributed by atoms with Crippen molar-refractivity contribution >= 4 is 71.4 Å². The Morgan fingerprint density at radius 3 is 1.82 bits per heavy atom. The Morgan fingerprint density at radius 1 is 0.867 bits per heavy atom. The fourth-order valence-corrected chi connectivity index (χ4v) is 5.94. The first kappa shape index (κ1) is 52.1. The quantitative estimate of drug-likeness (QED) is 0.0323. The number of nitrogens with zero attached hydrogens (tertiary/aromatic N) is 6. The highest BCUT2D eigenvalue weighted by molar-refractivity contribution is 8.00. The summed E-state index contributed by atoms with van der Waals surface area (Å²) in [7, 11) is 2.63. The molecule has 0 radical (unpaired) electrons. The van der Waals surface area contributed by atoms with Gasteiger partial charge in [0, 0.05) is 19.3 Å². The van der Waals surface area contributed by atoms with Crippen molar-refractivity contribution in [2.24, 2.45) is 5.11 Å². The van der Waals surface area contributed by atoms with Crippen molar-refractivity contribution in [3.05, 3.63) is 22.3 Å². The van der Waals surface area contributed by atoms with Gasteiger partial charge in [-0.2, -0.15) is 0 Å². The lowest BCUT2D eigenvalue weighted by molar-refractivity contribution is -0.144. The second kappa shape index (κ2) is 26.2. The third-order valence-electron chi connectivity index (χ3n) is 6.71. The number of hydrogen-bond acceptors (Lipinski definition) is 19. The van der Waals surface area contributed by atoms with Gasteiger partial charge in [-0.15, -0.1) is 35.0 Å². The number of ether oxygens (including phenoxy) is 6. The van der Waals surface area contributed by atoms with E-state index in [1.165, 1.54) is 48.6 Å². The summed E-state index contributed by atoms with van der Waals surface area (Å²) in [6.45, 7) is 9.43. The number of carbonyl (C=O) groups is 8. The maximum absolute atomic E-state index is 11.9. The molecule has 2 fully saturated rings. The van der Waals surface area contributed by atoms with E-state index in [0.29, 0.717) is 17.2 Å². The maximum atomic E-state index is 11.9. The summed E-state index contributed by atoms with van der Waals surface area (Å²) in [6, 6.07) is -1.58. The van der Waals surface area contributed by atoms with Gasteiger partial charge in [0.05, 0.1) is 44.0 Å². The molecule has 0 saturated carbocycles. The number of methoxy groups -OCH3 is 2. The number of rotatable bonds is 17. The van der Waals surface area contributed by atoms with Crippen molar-refractivity contribution in [1.82, 2.24) is 36.3 Å². The number of nitrogens with one attached hydrogen (secondary N) is 4. The molecule has 1 aromatic heterocycles. The van der Waals surface area contributed by atoms with Gasteiger partial charge in [0.2, 0.25) is 11.8 Å². The molecule has 0 bridgehead atoms. The van der Waals surface area contributed by atoms with Gasteiger partial charge in [-0.3, -0.25) is 28.8 Å². The third-order valence-corrected chi connectivity index (χ3v) is 8.78. The zero-order valence-electron chi connectivity index (χ0n) is 34.3. The first-order valence-corrected chi connectivity index (χ1v) is 20.0. The van der Waals surface area contributed by atoms with E-state index in [1.54, 1.807) is 41.5 Å². The number of carbonyl (C=O) groups excluding carboxylic acids is 8. The largest absolute Gasteiger partial charge is 0.468 e. The second-order valence-electron chi connectivity index (χ2n) is 13.9. The summed E-state index contributed by atoms with van der Waals surface area (Å²) in [5.41, 5.74) is 7.27. The standard InChI is InChI=1S/C17H25N5O7S.C10H15NO4.C7H10N4O3S.2H2/c1-17(2,3)29-16(26)18-5-12(23)28-7-10-6-22(21-20-10)14-11(19-15(14)25)8-30-9-13(24)27-4;1-5-6-14-8(12)7-11-9(13)15-10(2,3)4;1-14-5(12)3-15-2-4-6(10-11-8)7(13)9-4;;/h6,11,14H,5,7-9H2,1-4H3,(H,18,26)(H,19,25);1H,6-7H2,2-4H3,(H,11,13);4,6H,2-3H2,1H3,(H,9,13);2*1H/t11-,14-;;4-,6-;;/m0.0../s1. The molecule has 4 atom stereocenters. The number of terminal acetylenes is 1. The van der Waals surface area contributed by atoms with Crippen molar-refractivity contribution in [3.8, 4) is 12.3 Å². The van der Waals surface area contributed by atoms with Crippen molar-refractivity contribution in [3.63, 3.8) is 0 Å². The van der Waals surface area contributed by atoms with Crippen LogP contribution >= 0.6 is 23.5 Å². The molecule has 2 aliphatic rings. The minimum absolute atomic E-state index is 0. The van der Waals surface area contributed by atoms with Crippen molar-refractivity contribution in [2.45, 2.75) is 83.5 Å². The molecule has 0 aromatic carbocycles. The second-order valence-corrected chi connectivity index (χ2v) is 16.0. The predicted octanol–water partition coefficient (Wildman–Crippen LogP) is 1.04. The van der Waals surface area contributed by atoms with E-state index in [-0.39, 0.29) is 76.5 Å². The van der Waals surface area contributed by atoms with E-state index in [1.807, 2.05) is 0 Å². The van der Waals surface area contributed by atoms with Crippen LogP contribution in [-0.2, 0) is 63.8 Å². The van der Waals surface area contributed by atoms with Crippen LogP contribution in [0.15, 0.2) is 11.3 Å². The average Bonchev–Trinajstić information content (AvgIpc) is 3.62. The summed E-state index contributed by atoms with van der Waals surface area (Å²) >= 11 is 2.67. The van der Waals surface area contributed by atoms with Crippen molar-refractivity contribution in [1.29, 1.82) is 0 Å². The lowest BCUT2D eigenvalue weighted by Crippen LogP contribution is -2.62. The fraction of sp³-hybridized carbons (Fsp3) is 0.647. The monoisotopic (exact) mass is 890 g/mol. The smallest absolute Gasteiger partial charge is 0.408 e. The average molecular weight is 891 g/mol. The van der Waals surface area contributed by atoms with Crippen LogP contribution in [0, 0.1) is 12.3 Å². The van der Waals surface area contributed by atoms with Gasteiger partial charge in [-0.1, -0.05) is 16.2 Å². The lowest BCUT2D eigenvalue weighted by atomic mass is 10.0. The Balaban J connectivity index is 0. The summed E-state index contributed by atoms with van der Waals surface area (Å²) < 4.78 is 29.9. The van der Waals surface area contributed by atoms with Crippen LogP contribution in [0.3, 0.4) is 0 Å². The van der Waals surface area contributed by atoms with Crippen LogP contribution in [0.1, 0.15) is 56.1 Å². The SMILES string of the molecule is C#CCOC(=O)CNC(=O)OC(C)(C)C.COC(=O)CSC[C@@H]1NC(=O)[C@H]1N=[N+]=[N-].COC(=O)CSC[C@@H]1NC(=O)[C@H]1n1cc(COC(=O)CNC(=O)OC(C)(C)C)nn1.[HH].[HH]. The Kier molecular flexibility index (Phi) is 22.8. The summed E-state index contributed by atoms with van der Waals surface area (Å²) in [5, 5.41) is 21.0. The Hall–Kier alpha value is -5.93. The highest BCUT2D eigenvalue weighted by Gasteiger charge is 2.41. The molecule has 4 N–H and O–H groups in total. The van der Waals surface area contributed by atoms with E-state index in [0.717, 1.165) is 0 Å². The number of β-lactam (4-membered cyclic amide) rings is 2. The Bertz CT molecular complexity index is 1760. The molecule has 4 amide bonds. The molecule has 0 unspecified atom stereocenters. The molecule has 3 rings (SSSR count). The molecule has 3 heterocycles. The normalized spacial score (nSPS) is 17.4. The topological polar surface area (TPSA) is 320 Å². The molecule has 0 aliphatic carbocycles. The zero-order chi connectivity index (χ0) is 45.5. The van der Waals surface area contributed by atoms with Crippen LogP contribution in [0.5, 0.6) is 0 Å². The van der Waals surface area contributed by atoms with Crippen molar-refractivity contribution in [2.75, 3.05) is 56.9 Å². The Labute approximate surface area is 356 Å². The first-order chi connectivity index (χ1) is 28.1. The molecular weight excluding hydrogens is 837 g/mol. The van der Waals surface area contributed by atoms with Crippen LogP contribution in [-0.4, -0.2) is 149 Å². The molecule has 24 nitrogen and oxygen atoms in total. The minimum atomic E-state index is -0.725. The third kappa shape index (κ3) is 21.7. The highest BCUT2D eigenvalue weighted by atomic mass is 32.2. The first-order valence-electron chi connectivity index (χ1n) is 17.7. The van der Waals surface area contributed by atoms with E-state index in [4.69, 9.17) is 26.2 Å². The minimum Gasteiger partial charge on any atom is -0.468 e. The van der Waals surface area contributed by atoms with Gasteiger partial charge in [0.15, 0.2) is 12.6 Å². The van der Waals surface area contributed by atoms with Gasteiger partial charge < -0.3 is 49.7 Å². The van der Waals surface area contributed by atoms with Gasteiger partial charge in [-0.05, 0) is 47.1 Å². The maximum Gasteiger partial charge on any atom is 0.408 e. The lowest BCUT2D eigenvalue weighted by Gasteiger charge is -2.36. The summed E-state index contributed by atoms with van der Waals surface area (Å²) in [6.07, 6.45) is 5.00. The fourth-order valence-electron chi connectivity index (χ4n) is 4.09.